The van der Waals surface area contributed by atoms with Crippen LogP contribution in [-0.2, 0) is 20.2 Å². The Hall–Kier alpha value is 0.156. The van der Waals surface area contributed by atoms with Crippen LogP contribution < -0.4 is 0 Å². The van der Waals surface area contributed by atoms with Gasteiger partial charge in [-0.1, -0.05) is 24.3 Å². The minimum Gasteiger partial charge on any atom is -0.282 e. The number of rotatable bonds is 2. The van der Waals surface area contributed by atoms with Crippen LogP contribution in [0.1, 0.15) is 0 Å². The quantitative estimate of drug-likeness (QED) is 0.628. The predicted octanol–water partition coefficient (Wildman–Crippen LogP) is 0.952. The van der Waals surface area contributed by atoms with Gasteiger partial charge in [-0.05, 0) is 12.1 Å². The van der Waals surface area contributed by atoms with Gasteiger partial charge in [0.1, 0.15) is 9.79 Å². The van der Waals surface area contributed by atoms with Crippen LogP contribution in [0.5, 0.6) is 0 Å². The van der Waals surface area contributed by atoms with Crippen molar-refractivity contribution in [3.8, 4) is 0 Å². The zero-order chi connectivity index (χ0) is 13.6. The van der Waals surface area contributed by atoms with Gasteiger partial charge in [-0.3, -0.25) is 9.11 Å². The Labute approximate surface area is 152 Å². The Morgan fingerprint density at radius 3 is 1.26 bits per heavy atom. The largest absolute Gasteiger partial charge is 0.295 e. The van der Waals surface area contributed by atoms with Crippen molar-refractivity contribution in [1.82, 2.24) is 0 Å². The van der Waals surface area contributed by atoms with Gasteiger partial charge < -0.3 is 0 Å². The van der Waals surface area contributed by atoms with Crippen LogP contribution >= 0.6 is 0 Å². The minimum absolute atomic E-state index is 0. The molecule has 19 heavy (non-hydrogen) atoms. The first-order valence-corrected chi connectivity index (χ1v) is 7.56. The van der Waals surface area contributed by atoms with Crippen molar-refractivity contribution in [2.75, 3.05) is 0 Å². The molecule has 0 amide bonds. The van der Waals surface area contributed by atoms with Crippen molar-refractivity contribution in [2.24, 2.45) is 0 Å². The molecule has 97 valence electrons. The summed E-state index contributed by atoms with van der Waals surface area (Å²) in [6, 6.07) is 7.53. The van der Waals surface area contributed by atoms with Gasteiger partial charge in [0.15, 0.2) is 0 Å². The molecule has 0 fully saturated rings. The summed E-state index contributed by atoms with van der Waals surface area (Å²) in [7, 11) is -8.94. The smallest absolute Gasteiger partial charge is 0.282 e. The maximum absolute atomic E-state index is 11.2. The van der Waals surface area contributed by atoms with E-state index in [2.05, 4.69) is 0 Å². The molecular formula is C10H8KO6S2. The van der Waals surface area contributed by atoms with Crippen LogP contribution in [0.4, 0.5) is 0 Å². The second-order valence-corrected chi connectivity index (χ2v) is 6.34. The van der Waals surface area contributed by atoms with Gasteiger partial charge in [0.2, 0.25) is 0 Å². The van der Waals surface area contributed by atoms with E-state index in [0.717, 1.165) is 12.1 Å². The van der Waals surface area contributed by atoms with Gasteiger partial charge in [0.25, 0.3) is 20.2 Å². The Morgan fingerprint density at radius 2 is 1.00 bits per heavy atom. The molecule has 0 saturated carbocycles. The van der Waals surface area contributed by atoms with E-state index < -0.39 is 30.0 Å². The zero-order valence-corrected chi connectivity index (χ0v) is 14.6. The number of hydrogen-bond acceptors (Lipinski definition) is 4. The fraction of sp³-hybridized carbons (Fsp3) is 0. The number of benzene rings is 2. The first-order chi connectivity index (χ1) is 8.21. The molecule has 9 heteroatoms. The second kappa shape index (κ2) is 5.88. The molecular weight excluding hydrogens is 319 g/mol. The molecule has 0 atom stereocenters. The second-order valence-electron chi connectivity index (χ2n) is 3.56. The van der Waals surface area contributed by atoms with Crippen molar-refractivity contribution in [3.05, 3.63) is 36.4 Å². The first kappa shape index (κ1) is 17.2. The first-order valence-electron chi connectivity index (χ1n) is 4.68. The minimum atomic E-state index is -4.47. The molecule has 2 rings (SSSR count). The average molecular weight is 327 g/mol. The third-order valence-electron chi connectivity index (χ3n) is 2.40. The van der Waals surface area contributed by atoms with Crippen molar-refractivity contribution < 1.29 is 25.9 Å². The summed E-state index contributed by atoms with van der Waals surface area (Å²) in [4.78, 5) is -0.823. The molecule has 0 bridgehead atoms. The van der Waals surface area contributed by atoms with E-state index >= 15 is 0 Å². The molecule has 0 aliphatic heterocycles. The molecule has 0 heterocycles. The van der Waals surface area contributed by atoms with Crippen LogP contribution in [0.15, 0.2) is 46.2 Å². The van der Waals surface area contributed by atoms with E-state index in [9.17, 15) is 16.8 Å². The molecule has 0 aliphatic carbocycles. The molecule has 0 spiro atoms. The van der Waals surface area contributed by atoms with Crippen LogP contribution in [0.2, 0.25) is 0 Å². The van der Waals surface area contributed by atoms with Crippen LogP contribution in [-0.4, -0.2) is 77.3 Å². The predicted molar refractivity (Wildman–Crippen MR) is 69.3 cm³/mol. The SMILES string of the molecule is O=S(=O)(O)c1cccc2c(S(=O)(=O)O)cccc12.[K]. The summed E-state index contributed by atoms with van der Waals surface area (Å²) in [5, 5.41) is 0.0465. The fourth-order valence-electron chi connectivity index (χ4n) is 1.70. The summed E-state index contributed by atoms with van der Waals surface area (Å²) >= 11 is 0. The van der Waals surface area contributed by atoms with E-state index in [1.165, 1.54) is 24.3 Å². The molecule has 0 aliphatic rings. The van der Waals surface area contributed by atoms with Crippen molar-refractivity contribution in [1.29, 1.82) is 0 Å². The van der Waals surface area contributed by atoms with E-state index in [1.54, 1.807) is 0 Å². The zero-order valence-electron chi connectivity index (χ0n) is 9.81. The molecule has 2 aromatic rings. The third-order valence-corrected chi connectivity index (χ3v) is 4.22. The Kier molecular flexibility index (Phi) is 5.32. The third kappa shape index (κ3) is 3.63. The Bertz CT molecular complexity index is 755. The Balaban J connectivity index is 0.00000180. The van der Waals surface area contributed by atoms with Gasteiger partial charge in [0, 0.05) is 62.2 Å². The molecule has 2 N–H and O–H groups in total. The molecule has 0 aromatic heterocycles. The average Bonchev–Trinajstić information content (AvgIpc) is 2.24. The monoisotopic (exact) mass is 327 g/mol. The molecule has 6 nitrogen and oxygen atoms in total. The summed E-state index contributed by atoms with van der Waals surface area (Å²) in [5.41, 5.74) is 0. The van der Waals surface area contributed by atoms with Gasteiger partial charge in [-0.25, -0.2) is 0 Å². The Morgan fingerprint density at radius 1 is 0.684 bits per heavy atom. The van der Waals surface area contributed by atoms with Crippen molar-refractivity contribution in [3.63, 3.8) is 0 Å². The van der Waals surface area contributed by atoms with Crippen molar-refractivity contribution >= 4 is 82.4 Å². The van der Waals surface area contributed by atoms with Crippen LogP contribution in [0.3, 0.4) is 0 Å². The number of hydrogen-bond donors (Lipinski definition) is 2. The summed E-state index contributed by atoms with van der Waals surface area (Å²) < 4.78 is 62.7. The van der Waals surface area contributed by atoms with Gasteiger partial charge in [-0.2, -0.15) is 16.8 Å². The normalized spacial score (nSPS) is 12.1. The molecule has 0 unspecified atom stereocenters. The maximum Gasteiger partial charge on any atom is 0.295 e. The molecule has 0 saturated heterocycles. The number of fused-ring (bicyclic) bond motifs is 1. The van der Waals surface area contributed by atoms with Crippen molar-refractivity contribution in [2.45, 2.75) is 9.79 Å². The van der Waals surface area contributed by atoms with E-state index in [4.69, 9.17) is 9.11 Å². The van der Waals surface area contributed by atoms with E-state index in [0.29, 0.717) is 0 Å². The van der Waals surface area contributed by atoms with Gasteiger partial charge in [0.05, 0.1) is 0 Å². The van der Waals surface area contributed by atoms with Gasteiger partial charge in [-0.15, -0.1) is 0 Å². The molecule has 2 aromatic carbocycles. The summed E-state index contributed by atoms with van der Waals surface area (Å²) in [5.74, 6) is 0. The maximum atomic E-state index is 11.2. The topological polar surface area (TPSA) is 109 Å². The van der Waals surface area contributed by atoms with Crippen LogP contribution in [0.25, 0.3) is 10.8 Å². The summed E-state index contributed by atoms with van der Waals surface area (Å²) in [6.07, 6.45) is 0. The van der Waals surface area contributed by atoms with E-state index in [-0.39, 0.29) is 62.2 Å². The fourth-order valence-corrected chi connectivity index (χ4v) is 3.12. The summed E-state index contributed by atoms with van der Waals surface area (Å²) in [6.45, 7) is 0. The standard InChI is InChI=1S/C10H8O6S2.K/c11-17(12,13)9-5-1-3-7-8(9)4-2-6-10(7)18(14,15)16;/h1-6H,(H,11,12,13)(H,14,15,16);. The molecule has 1 radical (unpaired) electrons. The van der Waals surface area contributed by atoms with E-state index in [1.807, 2.05) is 0 Å². The van der Waals surface area contributed by atoms with Crippen LogP contribution in [0, 0.1) is 0 Å². The van der Waals surface area contributed by atoms with Gasteiger partial charge >= 0.3 is 0 Å².